The molecule has 4 heteroatoms. The third kappa shape index (κ3) is 1.90. The lowest BCUT2D eigenvalue weighted by Crippen LogP contribution is -2.43. The molecular weight excluding hydrogens is 290 g/mol. The van der Waals surface area contributed by atoms with E-state index in [1.54, 1.807) is 7.11 Å². The zero-order chi connectivity index (χ0) is 17.0. The Morgan fingerprint density at radius 1 is 1.22 bits per heavy atom. The Morgan fingerprint density at radius 2 is 1.91 bits per heavy atom. The smallest absolute Gasteiger partial charge is 0.231 e. The largest absolute Gasteiger partial charge is 0.495 e. The van der Waals surface area contributed by atoms with Gasteiger partial charge in [0.05, 0.1) is 18.2 Å². The third-order valence-electron chi connectivity index (χ3n) is 6.74. The first kappa shape index (κ1) is 16.0. The molecule has 2 atom stereocenters. The second-order valence-corrected chi connectivity index (χ2v) is 7.80. The summed E-state index contributed by atoms with van der Waals surface area (Å²) in [5.41, 5.74) is 0.389. The molecule has 0 unspecified atom stereocenters. The van der Waals surface area contributed by atoms with Gasteiger partial charge in [-0.3, -0.25) is 9.59 Å². The number of nitrogens with one attached hydrogen (secondary N) is 1. The molecule has 3 rings (SSSR count). The number of carbonyl (C=O) groups excluding carboxylic acids is 2. The van der Waals surface area contributed by atoms with E-state index in [0.29, 0.717) is 17.9 Å². The van der Waals surface area contributed by atoms with Crippen LogP contribution in [0.3, 0.4) is 0 Å². The molecule has 1 aromatic rings. The van der Waals surface area contributed by atoms with Crippen LogP contribution in [0.25, 0.3) is 0 Å². The van der Waals surface area contributed by atoms with Crippen LogP contribution < -0.4 is 10.1 Å². The maximum absolute atomic E-state index is 13.2. The van der Waals surface area contributed by atoms with Gasteiger partial charge in [0.25, 0.3) is 0 Å². The number of carbonyl (C=O) groups is 2. The average molecular weight is 315 g/mol. The number of Topliss-reactive ketones (excluding diaryl/α,β-unsaturated/α-hetero) is 1. The number of rotatable bonds is 3. The Labute approximate surface area is 137 Å². The Balaban J connectivity index is 1.96. The highest BCUT2D eigenvalue weighted by Gasteiger charge is 2.72. The summed E-state index contributed by atoms with van der Waals surface area (Å²) in [7, 11) is 1.59. The molecule has 1 aromatic carbocycles. The molecule has 0 radical (unpaired) electrons. The molecular formula is C19H25NO3. The van der Waals surface area contributed by atoms with E-state index >= 15 is 0 Å². The van der Waals surface area contributed by atoms with E-state index < -0.39 is 5.41 Å². The van der Waals surface area contributed by atoms with Gasteiger partial charge in [0.15, 0.2) is 0 Å². The molecule has 2 aliphatic rings. The molecule has 0 aromatic heterocycles. The fraction of sp³-hybridized carbons (Fsp3) is 0.579. The van der Waals surface area contributed by atoms with E-state index in [1.807, 2.05) is 32.0 Å². The van der Waals surface area contributed by atoms with Crippen LogP contribution >= 0.6 is 0 Å². The molecule has 2 bridgehead atoms. The lowest BCUT2D eigenvalue weighted by Gasteiger charge is -2.38. The van der Waals surface area contributed by atoms with Crippen molar-refractivity contribution in [3.63, 3.8) is 0 Å². The molecule has 0 aliphatic heterocycles. The highest BCUT2D eigenvalue weighted by Crippen LogP contribution is 2.70. The van der Waals surface area contributed by atoms with Crippen LogP contribution in [0.1, 0.15) is 45.6 Å². The minimum Gasteiger partial charge on any atom is -0.495 e. The summed E-state index contributed by atoms with van der Waals surface area (Å²) in [5.74, 6) is 0.810. The zero-order valence-electron chi connectivity index (χ0n) is 14.6. The van der Waals surface area contributed by atoms with Crippen molar-refractivity contribution < 1.29 is 14.3 Å². The van der Waals surface area contributed by atoms with Gasteiger partial charge in [-0.25, -0.2) is 0 Å². The van der Waals surface area contributed by atoms with E-state index in [-0.39, 0.29) is 22.5 Å². The van der Waals surface area contributed by atoms with Crippen molar-refractivity contribution in [2.75, 3.05) is 12.4 Å². The second-order valence-electron chi connectivity index (χ2n) is 7.80. The molecule has 4 nitrogen and oxygen atoms in total. The van der Waals surface area contributed by atoms with Crippen molar-refractivity contribution in [3.8, 4) is 5.75 Å². The third-order valence-corrected chi connectivity index (χ3v) is 6.74. The van der Waals surface area contributed by atoms with Crippen LogP contribution in [-0.4, -0.2) is 18.8 Å². The molecule has 0 saturated heterocycles. The number of benzene rings is 1. The molecule has 124 valence electrons. The van der Waals surface area contributed by atoms with Gasteiger partial charge in [-0.1, -0.05) is 26.8 Å². The number of anilines is 1. The standard InChI is InChI=1S/C19H25NO3/c1-12-6-7-14(23-5)13(10-12)20-16(22)19-9-8-18(4,15(21)11-19)17(19,2)3/h6-7,10H,8-9,11H2,1-5H3,(H,20,22)/t18-,19+/m0/s1. The monoisotopic (exact) mass is 315 g/mol. The maximum Gasteiger partial charge on any atom is 0.231 e. The van der Waals surface area contributed by atoms with Crippen molar-refractivity contribution in [2.24, 2.45) is 16.2 Å². The van der Waals surface area contributed by atoms with Gasteiger partial charge in [0.2, 0.25) is 5.91 Å². The van der Waals surface area contributed by atoms with Gasteiger partial charge in [-0.15, -0.1) is 0 Å². The minimum atomic E-state index is -0.617. The van der Waals surface area contributed by atoms with Crippen molar-refractivity contribution in [1.29, 1.82) is 0 Å². The second kappa shape index (κ2) is 4.83. The number of ketones is 1. The molecule has 2 fully saturated rings. The van der Waals surface area contributed by atoms with Crippen LogP contribution in [0.2, 0.25) is 0 Å². The van der Waals surface area contributed by atoms with Crippen molar-refractivity contribution in [3.05, 3.63) is 23.8 Å². The summed E-state index contributed by atoms with van der Waals surface area (Å²) in [5, 5.41) is 3.04. The quantitative estimate of drug-likeness (QED) is 0.924. The number of methoxy groups -OCH3 is 1. The zero-order valence-corrected chi connectivity index (χ0v) is 14.6. The van der Waals surface area contributed by atoms with E-state index in [1.165, 1.54) is 0 Å². The van der Waals surface area contributed by atoms with Crippen molar-refractivity contribution in [1.82, 2.24) is 0 Å². The van der Waals surface area contributed by atoms with E-state index in [0.717, 1.165) is 18.4 Å². The van der Waals surface area contributed by atoms with Crippen LogP contribution in [0.15, 0.2) is 18.2 Å². The van der Waals surface area contributed by atoms with Crippen LogP contribution in [-0.2, 0) is 9.59 Å². The van der Waals surface area contributed by atoms with Crippen molar-refractivity contribution >= 4 is 17.4 Å². The van der Waals surface area contributed by atoms with Gasteiger partial charge in [0, 0.05) is 11.8 Å². The summed E-state index contributed by atoms with van der Waals surface area (Å²) < 4.78 is 5.35. The highest BCUT2D eigenvalue weighted by atomic mass is 16.5. The molecule has 2 saturated carbocycles. The van der Waals surface area contributed by atoms with Crippen molar-refractivity contribution in [2.45, 2.75) is 47.0 Å². The Bertz CT molecular complexity index is 694. The van der Waals surface area contributed by atoms with E-state index in [4.69, 9.17) is 4.74 Å². The molecule has 1 amide bonds. The van der Waals surface area contributed by atoms with Gasteiger partial charge >= 0.3 is 0 Å². The first-order chi connectivity index (χ1) is 10.7. The van der Waals surface area contributed by atoms with Gasteiger partial charge < -0.3 is 10.1 Å². The molecule has 2 aliphatic carbocycles. The van der Waals surface area contributed by atoms with E-state index in [2.05, 4.69) is 19.2 Å². The first-order valence-corrected chi connectivity index (χ1v) is 8.17. The number of hydrogen-bond acceptors (Lipinski definition) is 3. The van der Waals surface area contributed by atoms with Crippen LogP contribution in [0.4, 0.5) is 5.69 Å². The number of fused-ring (bicyclic) bond motifs is 2. The summed E-state index contributed by atoms with van der Waals surface area (Å²) in [6.07, 6.45) is 1.90. The summed E-state index contributed by atoms with van der Waals surface area (Å²) in [6, 6.07) is 5.71. The first-order valence-electron chi connectivity index (χ1n) is 8.17. The fourth-order valence-corrected chi connectivity index (χ4v) is 4.52. The predicted octanol–water partition coefficient (Wildman–Crippen LogP) is 3.73. The fourth-order valence-electron chi connectivity index (χ4n) is 4.52. The van der Waals surface area contributed by atoms with Crippen LogP contribution in [0, 0.1) is 23.2 Å². The predicted molar refractivity (Wildman–Crippen MR) is 89.5 cm³/mol. The Kier molecular flexibility index (Phi) is 3.36. The molecule has 0 heterocycles. The summed E-state index contributed by atoms with van der Waals surface area (Å²) in [6.45, 7) is 8.13. The van der Waals surface area contributed by atoms with Gasteiger partial charge in [-0.05, 0) is 42.9 Å². The number of ether oxygens (including phenoxy) is 1. The number of aryl methyl sites for hydroxylation is 1. The Hall–Kier alpha value is -1.84. The van der Waals surface area contributed by atoms with E-state index in [9.17, 15) is 9.59 Å². The van der Waals surface area contributed by atoms with Gasteiger partial charge in [-0.2, -0.15) is 0 Å². The lowest BCUT2D eigenvalue weighted by atomic mass is 9.64. The molecule has 1 N–H and O–H groups in total. The Morgan fingerprint density at radius 3 is 2.43 bits per heavy atom. The highest BCUT2D eigenvalue weighted by molar-refractivity contribution is 6.05. The average Bonchev–Trinajstić information content (AvgIpc) is 2.78. The topological polar surface area (TPSA) is 55.4 Å². The van der Waals surface area contributed by atoms with Gasteiger partial charge in [0.1, 0.15) is 11.5 Å². The maximum atomic E-state index is 13.2. The van der Waals surface area contributed by atoms with Crippen LogP contribution in [0.5, 0.6) is 5.75 Å². The minimum absolute atomic E-state index is 0.0547. The number of hydrogen-bond donors (Lipinski definition) is 1. The summed E-state index contributed by atoms with van der Waals surface area (Å²) >= 11 is 0. The SMILES string of the molecule is COc1ccc(C)cc1NC(=O)[C@@]12CC[C@@](C)(C(=O)C1)C2(C)C. The normalized spacial score (nSPS) is 31.3. The summed E-state index contributed by atoms with van der Waals surface area (Å²) in [4.78, 5) is 25.7. The lowest BCUT2D eigenvalue weighted by molar-refractivity contribution is -0.131. The molecule has 23 heavy (non-hydrogen) atoms. The number of amides is 1. The molecule has 0 spiro atoms.